The quantitative estimate of drug-likeness (QED) is 0.913. The topological polar surface area (TPSA) is 39.6 Å². The summed E-state index contributed by atoms with van der Waals surface area (Å²) in [5, 5.41) is 11.3. The van der Waals surface area contributed by atoms with Crippen LogP contribution in [0.1, 0.15) is 18.9 Å². The van der Waals surface area contributed by atoms with Gasteiger partial charge in [0.25, 0.3) is 0 Å². The summed E-state index contributed by atoms with van der Waals surface area (Å²) in [5.41, 5.74) is 2.23. The number of rotatable bonds is 5. The first-order chi connectivity index (χ1) is 11.2. The van der Waals surface area contributed by atoms with Crippen LogP contribution in [0.5, 0.6) is 0 Å². The second-order valence-electron chi connectivity index (χ2n) is 6.20. The van der Waals surface area contributed by atoms with Crippen molar-refractivity contribution in [2.45, 2.75) is 25.9 Å². The highest BCUT2D eigenvalue weighted by Crippen LogP contribution is 2.24. The number of hydrogen-bond donors (Lipinski definition) is 1. The van der Waals surface area contributed by atoms with Gasteiger partial charge in [-0.25, -0.2) is 0 Å². The fourth-order valence-corrected chi connectivity index (χ4v) is 3.63. The average molecular weight is 334 g/mol. The van der Waals surface area contributed by atoms with E-state index in [0.717, 1.165) is 55.1 Å². The van der Waals surface area contributed by atoms with Crippen molar-refractivity contribution in [2.24, 2.45) is 0 Å². The van der Waals surface area contributed by atoms with Crippen molar-refractivity contribution in [3.05, 3.63) is 41.0 Å². The molecule has 1 fully saturated rings. The smallest absolute Gasteiger partial charge is 0.0747 e. The molecule has 0 saturated carbocycles. The Bertz CT molecular complexity index is 652. The molecule has 0 amide bonds. The molecule has 1 atom stereocenters. The van der Waals surface area contributed by atoms with Crippen LogP contribution in [0.2, 0.25) is 5.02 Å². The summed E-state index contributed by atoms with van der Waals surface area (Å²) in [5.74, 6) is 0. The molecule has 1 unspecified atom stereocenters. The van der Waals surface area contributed by atoms with Gasteiger partial charge in [0, 0.05) is 55.4 Å². The third kappa shape index (κ3) is 3.83. The summed E-state index contributed by atoms with van der Waals surface area (Å²) in [4.78, 5) is 9.37. The van der Waals surface area contributed by atoms with Crippen molar-refractivity contribution in [2.75, 3.05) is 32.8 Å². The lowest BCUT2D eigenvalue weighted by molar-refractivity contribution is 0.0609. The highest BCUT2D eigenvalue weighted by Gasteiger charge is 2.22. The largest absolute Gasteiger partial charge is 0.395 e. The highest BCUT2D eigenvalue weighted by molar-refractivity contribution is 6.31. The first-order valence-corrected chi connectivity index (χ1v) is 8.69. The maximum Gasteiger partial charge on any atom is 0.0747 e. The van der Waals surface area contributed by atoms with Crippen molar-refractivity contribution in [1.29, 1.82) is 0 Å². The van der Waals surface area contributed by atoms with Crippen LogP contribution < -0.4 is 0 Å². The Balaban J connectivity index is 1.70. The van der Waals surface area contributed by atoms with Gasteiger partial charge in [-0.3, -0.25) is 14.8 Å². The van der Waals surface area contributed by atoms with Gasteiger partial charge in [0.05, 0.1) is 12.1 Å². The zero-order chi connectivity index (χ0) is 16.2. The van der Waals surface area contributed by atoms with Gasteiger partial charge in [-0.1, -0.05) is 24.6 Å². The van der Waals surface area contributed by atoms with E-state index in [1.165, 1.54) is 5.56 Å². The SMILES string of the molecule is CCC(CO)N1CCN(Cc2cc(Cl)cc3cccnc23)CC1. The predicted octanol–water partition coefficient (Wildman–Crippen LogP) is 2.78. The minimum Gasteiger partial charge on any atom is -0.395 e. The van der Waals surface area contributed by atoms with Crippen molar-refractivity contribution >= 4 is 22.5 Å². The van der Waals surface area contributed by atoms with Gasteiger partial charge in [-0.15, -0.1) is 0 Å². The van der Waals surface area contributed by atoms with E-state index < -0.39 is 0 Å². The van der Waals surface area contributed by atoms with Crippen molar-refractivity contribution in [1.82, 2.24) is 14.8 Å². The minimum absolute atomic E-state index is 0.249. The lowest BCUT2D eigenvalue weighted by Crippen LogP contribution is -2.50. The van der Waals surface area contributed by atoms with E-state index in [0.29, 0.717) is 6.04 Å². The van der Waals surface area contributed by atoms with Gasteiger partial charge in [-0.2, -0.15) is 0 Å². The predicted molar refractivity (Wildman–Crippen MR) is 94.8 cm³/mol. The number of fused-ring (bicyclic) bond motifs is 1. The number of aliphatic hydroxyl groups excluding tert-OH is 1. The molecule has 1 saturated heterocycles. The maximum absolute atomic E-state index is 9.45. The van der Waals surface area contributed by atoms with Crippen LogP contribution in [0, 0.1) is 0 Å². The van der Waals surface area contributed by atoms with Gasteiger partial charge < -0.3 is 5.11 Å². The fourth-order valence-electron chi connectivity index (χ4n) is 3.38. The lowest BCUT2D eigenvalue weighted by Gasteiger charge is -2.38. The molecule has 0 spiro atoms. The van der Waals surface area contributed by atoms with Crippen LogP contribution in [0.4, 0.5) is 0 Å². The molecule has 1 aromatic carbocycles. The zero-order valence-corrected chi connectivity index (χ0v) is 14.3. The minimum atomic E-state index is 0.249. The van der Waals surface area contributed by atoms with E-state index in [9.17, 15) is 5.11 Å². The molecule has 2 heterocycles. The van der Waals surface area contributed by atoms with Crippen LogP contribution in [0.3, 0.4) is 0 Å². The molecule has 1 N–H and O–H groups in total. The van der Waals surface area contributed by atoms with Crippen molar-refractivity contribution < 1.29 is 5.11 Å². The molecule has 4 nitrogen and oxygen atoms in total. The van der Waals surface area contributed by atoms with Gasteiger partial charge >= 0.3 is 0 Å². The Hall–Kier alpha value is -1.20. The van der Waals surface area contributed by atoms with Gasteiger partial charge in [0.15, 0.2) is 0 Å². The third-order valence-electron chi connectivity index (χ3n) is 4.75. The number of aromatic nitrogens is 1. The Labute approximate surface area is 142 Å². The molecule has 23 heavy (non-hydrogen) atoms. The molecule has 0 radical (unpaired) electrons. The number of hydrogen-bond acceptors (Lipinski definition) is 4. The monoisotopic (exact) mass is 333 g/mol. The van der Waals surface area contributed by atoms with E-state index in [-0.39, 0.29) is 6.61 Å². The summed E-state index contributed by atoms with van der Waals surface area (Å²) in [7, 11) is 0. The standard InChI is InChI=1S/C18H24ClN3O/c1-2-17(13-23)22-8-6-21(7-9-22)12-15-11-16(19)10-14-4-3-5-20-18(14)15/h3-5,10-11,17,23H,2,6-9,12-13H2,1H3. The number of aliphatic hydroxyl groups is 1. The normalized spacial score (nSPS) is 18.4. The van der Waals surface area contributed by atoms with Crippen molar-refractivity contribution in [3.8, 4) is 0 Å². The first-order valence-electron chi connectivity index (χ1n) is 8.31. The van der Waals surface area contributed by atoms with Crippen LogP contribution >= 0.6 is 11.6 Å². The Morgan fingerprint density at radius 2 is 2.04 bits per heavy atom. The fraction of sp³-hybridized carbons (Fsp3) is 0.500. The summed E-state index contributed by atoms with van der Waals surface area (Å²) in [6.07, 6.45) is 2.84. The number of benzene rings is 1. The zero-order valence-electron chi connectivity index (χ0n) is 13.6. The molecule has 5 heteroatoms. The van der Waals surface area contributed by atoms with E-state index >= 15 is 0 Å². The molecule has 124 valence electrons. The van der Waals surface area contributed by atoms with Crippen LogP contribution in [0.25, 0.3) is 10.9 Å². The molecule has 1 aliphatic heterocycles. The highest BCUT2D eigenvalue weighted by atomic mass is 35.5. The van der Waals surface area contributed by atoms with Gasteiger partial charge in [0.2, 0.25) is 0 Å². The van der Waals surface area contributed by atoms with E-state index in [1.807, 2.05) is 24.4 Å². The molecule has 2 aromatic rings. The molecular weight excluding hydrogens is 310 g/mol. The number of nitrogens with zero attached hydrogens (tertiary/aromatic N) is 3. The molecule has 0 aliphatic carbocycles. The molecule has 1 aromatic heterocycles. The second-order valence-corrected chi connectivity index (χ2v) is 6.63. The molecular formula is C18H24ClN3O. The number of pyridine rings is 1. The van der Waals surface area contributed by atoms with Crippen LogP contribution in [0.15, 0.2) is 30.5 Å². The Morgan fingerprint density at radius 1 is 1.26 bits per heavy atom. The summed E-state index contributed by atoms with van der Waals surface area (Å²) < 4.78 is 0. The van der Waals surface area contributed by atoms with Crippen molar-refractivity contribution in [3.63, 3.8) is 0 Å². The van der Waals surface area contributed by atoms with E-state index in [2.05, 4.69) is 27.8 Å². The van der Waals surface area contributed by atoms with Gasteiger partial charge in [-0.05, 0) is 30.2 Å². The van der Waals surface area contributed by atoms with E-state index in [1.54, 1.807) is 0 Å². The van der Waals surface area contributed by atoms with Gasteiger partial charge in [0.1, 0.15) is 0 Å². The number of halogens is 1. The second kappa shape index (κ2) is 7.58. The Kier molecular flexibility index (Phi) is 5.49. The summed E-state index contributed by atoms with van der Waals surface area (Å²) >= 11 is 6.26. The number of piperazine rings is 1. The average Bonchev–Trinajstić information content (AvgIpc) is 2.57. The van der Waals surface area contributed by atoms with Crippen LogP contribution in [-0.4, -0.2) is 58.7 Å². The maximum atomic E-state index is 9.45. The Morgan fingerprint density at radius 3 is 2.74 bits per heavy atom. The molecule has 3 rings (SSSR count). The van der Waals surface area contributed by atoms with E-state index in [4.69, 9.17) is 11.6 Å². The lowest BCUT2D eigenvalue weighted by atomic mass is 10.1. The summed E-state index contributed by atoms with van der Waals surface area (Å²) in [6.45, 7) is 7.29. The molecule has 1 aliphatic rings. The van der Waals surface area contributed by atoms with Crippen LogP contribution in [-0.2, 0) is 6.54 Å². The summed E-state index contributed by atoms with van der Waals surface area (Å²) in [6, 6.07) is 8.30. The molecule has 0 bridgehead atoms. The third-order valence-corrected chi connectivity index (χ3v) is 4.97. The first kappa shape index (κ1) is 16.7.